The Hall–Kier alpha value is -1.06. The summed E-state index contributed by atoms with van der Waals surface area (Å²) < 4.78 is 11.2. The molecular formula is C16H22O3. The highest BCUT2D eigenvalue weighted by Crippen LogP contribution is 2.41. The zero-order chi connectivity index (χ0) is 13.6. The van der Waals surface area contributed by atoms with Crippen molar-refractivity contribution in [2.45, 2.75) is 44.8 Å². The second-order valence-electron chi connectivity index (χ2n) is 6.51. The highest BCUT2D eigenvalue weighted by Gasteiger charge is 2.34. The SMILES string of the molecule is CC1CC(C(O)c2ccc3c(c2)C(C)(C)CO3)CO1. The molecular weight excluding hydrogens is 240 g/mol. The van der Waals surface area contributed by atoms with Gasteiger partial charge in [0, 0.05) is 16.9 Å². The van der Waals surface area contributed by atoms with E-state index in [2.05, 4.69) is 26.8 Å². The highest BCUT2D eigenvalue weighted by atomic mass is 16.5. The van der Waals surface area contributed by atoms with E-state index < -0.39 is 6.10 Å². The highest BCUT2D eigenvalue weighted by molar-refractivity contribution is 5.45. The summed E-state index contributed by atoms with van der Waals surface area (Å²) in [7, 11) is 0. The normalized spacial score (nSPS) is 29.9. The lowest BCUT2D eigenvalue weighted by molar-refractivity contribution is 0.0803. The van der Waals surface area contributed by atoms with Gasteiger partial charge in [-0.25, -0.2) is 0 Å². The van der Waals surface area contributed by atoms with Crippen molar-refractivity contribution in [3.63, 3.8) is 0 Å². The first-order chi connectivity index (χ1) is 8.97. The smallest absolute Gasteiger partial charge is 0.123 e. The number of aliphatic hydroxyl groups is 1. The molecule has 3 rings (SSSR count). The van der Waals surface area contributed by atoms with E-state index in [4.69, 9.17) is 9.47 Å². The summed E-state index contributed by atoms with van der Waals surface area (Å²) in [5, 5.41) is 10.5. The molecule has 2 aliphatic rings. The molecule has 0 amide bonds. The molecule has 2 heterocycles. The lowest BCUT2D eigenvalue weighted by Crippen LogP contribution is -2.19. The molecule has 1 fully saturated rings. The largest absolute Gasteiger partial charge is 0.492 e. The van der Waals surface area contributed by atoms with Crippen molar-refractivity contribution in [1.82, 2.24) is 0 Å². The minimum absolute atomic E-state index is 0.0323. The zero-order valence-corrected chi connectivity index (χ0v) is 11.8. The maximum Gasteiger partial charge on any atom is 0.123 e. The maximum absolute atomic E-state index is 10.5. The molecule has 0 radical (unpaired) electrons. The monoisotopic (exact) mass is 262 g/mol. The van der Waals surface area contributed by atoms with Crippen LogP contribution >= 0.6 is 0 Å². The van der Waals surface area contributed by atoms with E-state index in [1.165, 1.54) is 5.56 Å². The summed E-state index contributed by atoms with van der Waals surface area (Å²) >= 11 is 0. The summed E-state index contributed by atoms with van der Waals surface area (Å²) in [6.07, 6.45) is 0.749. The van der Waals surface area contributed by atoms with Crippen LogP contribution in [0.5, 0.6) is 5.75 Å². The number of fused-ring (bicyclic) bond motifs is 1. The number of aliphatic hydroxyl groups excluding tert-OH is 1. The van der Waals surface area contributed by atoms with Gasteiger partial charge in [0.25, 0.3) is 0 Å². The van der Waals surface area contributed by atoms with Crippen molar-refractivity contribution >= 4 is 0 Å². The Balaban J connectivity index is 1.86. The Labute approximate surface area is 114 Å². The van der Waals surface area contributed by atoms with E-state index in [0.29, 0.717) is 13.2 Å². The molecule has 0 aromatic heterocycles. The van der Waals surface area contributed by atoms with Crippen LogP contribution in [0, 0.1) is 5.92 Å². The van der Waals surface area contributed by atoms with Crippen LogP contribution in [-0.4, -0.2) is 24.4 Å². The Morgan fingerprint density at radius 1 is 1.37 bits per heavy atom. The van der Waals surface area contributed by atoms with Crippen LogP contribution in [0.3, 0.4) is 0 Å². The molecule has 3 unspecified atom stereocenters. The van der Waals surface area contributed by atoms with Gasteiger partial charge in [-0.3, -0.25) is 0 Å². The predicted molar refractivity (Wildman–Crippen MR) is 73.4 cm³/mol. The van der Waals surface area contributed by atoms with E-state index >= 15 is 0 Å². The molecule has 0 saturated carbocycles. The lowest BCUT2D eigenvalue weighted by atomic mass is 9.84. The third kappa shape index (κ3) is 2.26. The lowest BCUT2D eigenvalue weighted by Gasteiger charge is -2.20. The molecule has 19 heavy (non-hydrogen) atoms. The van der Waals surface area contributed by atoms with Gasteiger partial charge in [-0.1, -0.05) is 19.9 Å². The number of rotatable bonds is 2. The van der Waals surface area contributed by atoms with Gasteiger partial charge >= 0.3 is 0 Å². The molecule has 3 nitrogen and oxygen atoms in total. The van der Waals surface area contributed by atoms with Crippen LogP contribution in [-0.2, 0) is 10.2 Å². The van der Waals surface area contributed by atoms with Gasteiger partial charge in [0.2, 0.25) is 0 Å². The van der Waals surface area contributed by atoms with Gasteiger partial charge in [0.15, 0.2) is 0 Å². The number of hydrogen-bond acceptors (Lipinski definition) is 3. The van der Waals surface area contributed by atoms with Crippen molar-refractivity contribution in [1.29, 1.82) is 0 Å². The molecule has 1 saturated heterocycles. The Morgan fingerprint density at radius 3 is 2.84 bits per heavy atom. The van der Waals surface area contributed by atoms with E-state index in [1.807, 2.05) is 12.1 Å². The van der Waals surface area contributed by atoms with E-state index in [-0.39, 0.29) is 17.4 Å². The average molecular weight is 262 g/mol. The summed E-state index contributed by atoms with van der Waals surface area (Å²) in [5.41, 5.74) is 2.22. The van der Waals surface area contributed by atoms with Crippen LogP contribution in [0.15, 0.2) is 18.2 Å². The molecule has 0 bridgehead atoms. The van der Waals surface area contributed by atoms with Crippen molar-refractivity contribution in [3.05, 3.63) is 29.3 Å². The fraction of sp³-hybridized carbons (Fsp3) is 0.625. The number of hydrogen-bond donors (Lipinski definition) is 1. The van der Waals surface area contributed by atoms with Crippen molar-refractivity contribution < 1.29 is 14.6 Å². The first-order valence-electron chi connectivity index (χ1n) is 7.04. The number of benzene rings is 1. The minimum Gasteiger partial charge on any atom is -0.492 e. The van der Waals surface area contributed by atoms with E-state index in [0.717, 1.165) is 17.7 Å². The number of ether oxygens (including phenoxy) is 2. The van der Waals surface area contributed by atoms with Crippen LogP contribution in [0.1, 0.15) is 44.4 Å². The minimum atomic E-state index is -0.438. The molecule has 104 valence electrons. The van der Waals surface area contributed by atoms with Crippen molar-refractivity contribution in [2.24, 2.45) is 5.92 Å². The zero-order valence-electron chi connectivity index (χ0n) is 11.8. The van der Waals surface area contributed by atoms with Crippen molar-refractivity contribution in [2.75, 3.05) is 13.2 Å². The van der Waals surface area contributed by atoms with Crippen LogP contribution in [0.25, 0.3) is 0 Å². The maximum atomic E-state index is 10.5. The fourth-order valence-corrected chi connectivity index (χ4v) is 3.06. The van der Waals surface area contributed by atoms with E-state index in [9.17, 15) is 5.11 Å². The van der Waals surface area contributed by atoms with Gasteiger partial charge in [-0.2, -0.15) is 0 Å². The molecule has 3 heteroatoms. The van der Waals surface area contributed by atoms with Crippen LogP contribution < -0.4 is 4.74 Å². The Bertz CT molecular complexity index is 481. The van der Waals surface area contributed by atoms with Crippen LogP contribution in [0.2, 0.25) is 0 Å². The summed E-state index contributed by atoms with van der Waals surface area (Å²) in [6, 6.07) is 6.08. The van der Waals surface area contributed by atoms with Crippen molar-refractivity contribution in [3.8, 4) is 5.75 Å². The van der Waals surface area contributed by atoms with Crippen LogP contribution in [0.4, 0.5) is 0 Å². The molecule has 0 aliphatic carbocycles. The average Bonchev–Trinajstić information content (AvgIpc) is 2.93. The third-order valence-corrected chi connectivity index (χ3v) is 4.34. The standard InChI is InChI=1S/C16H22O3/c1-10-6-12(8-18-10)15(17)11-4-5-14-13(7-11)16(2,3)9-19-14/h4-5,7,10,12,15,17H,6,8-9H2,1-3H3. The second-order valence-corrected chi connectivity index (χ2v) is 6.51. The third-order valence-electron chi connectivity index (χ3n) is 4.34. The Morgan fingerprint density at radius 2 is 2.16 bits per heavy atom. The second kappa shape index (κ2) is 4.50. The van der Waals surface area contributed by atoms with E-state index in [1.54, 1.807) is 0 Å². The first-order valence-corrected chi connectivity index (χ1v) is 7.04. The molecule has 1 aromatic rings. The van der Waals surface area contributed by atoms with Gasteiger partial charge in [0.05, 0.1) is 25.4 Å². The molecule has 3 atom stereocenters. The summed E-state index contributed by atoms with van der Waals surface area (Å²) in [5.74, 6) is 1.16. The van der Waals surface area contributed by atoms with Gasteiger partial charge < -0.3 is 14.6 Å². The van der Waals surface area contributed by atoms with Gasteiger partial charge in [-0.15, -0.1) is 0 Å². The van der Waals surface area contributed by atoms with Gasteiger partial charge in [-0.05, 0) is 31.0 Å². The predicted octanol–water partition coefficient (Wildman–Crippen LogP) is 2.82. The molecule has 2 aliphatic heterocycles. The molecule has 1 aromatic carbocycles. The fourth-order valence-electron chi connectivity index (χ4n) is 3.06. The summed E-state index contributed by atoms with van der Waals surface area (Å²) in [4.78, 5) is 0. The quantitative estimate of drug-likeness (QED) is 0.890. The molecule has 1 N–H and O–H groups in total. The summed E-state index contributed by atoms with van der Waals surface area (Å²) in [6.45, 7) is 7.78. The molecule has 0 spiro atoms. The Kier molecular flexibility index (Phi) is 3.06. The topological polar surface area (TPSA) is 38.7 Å². The first kappa shape index (κ1) is 12.9. The van der Waals surface area contributed by atoms with Gasteiger partial charge in [0.1, 0.15) is 5.75 Å².